The van der Waals surface area contributed by atoms with E-state index in [1.807, 2.05) is 37.8 Å². The van der Waals surface area contributed by atoms with E-state index in [0.29, 0.717) is 31.5 Å². The Morgan fingerprint density at radius 1 is 1.21 bits per heavy atom. The van der Waals surface area contributed by atoms with E-state index in [-0.39, 0.29) is 29.8 Å². The van der Waals surface area contributed by atoms with Gasteiger partial charge in [-0.05, 0) is 66.7 Å². The Bertz CT molecular complexity index is 906. The molecule has 6 nitrogen and oxygen atoms in total. The zero-order valence-corrected chi connectivity index (χ0v) is 22.3. The number of rotatable bonds is 7. The van der Waals surface area contributed by atoms with Crippen LogP contribution in [0.4, 0.5) is 5.69 Å². The van der Waals surface area contributed by atoms with E-state index >= 15 is 0 Å². The zero-order valence-electron chi connectivity index (χ0n) is 20.7. The van der Waals surface area contributed by atoms with Crippen LogP contribution in [0, 0.1) is 5.41 Å². The second kappa shape index (κ2) is 10.6. The summed E-state index contributed by atoms with van der Waals surface area (Å²) >= 11 is 3.66. The minimum absolute atomic E-state index is 0.0168. The Hall–Kier alpha value is -1.89. The van der Waals surface area contributed by atoms with Gasteiger partial charge < -0.3 is 15.1 Å². The Morgan fingerprint density at radius 3 is 2.48 bits per heavy atom. The molecule has 3 amide bonds. The molecule has 0 radical (unpaired) electrons. The molecule has 2 aliphatic rings. The molecule has 1 aromatic rings. The molecular formula is C26H38BrN3O3. The molecule has 1 aliphatic carbocycles. The van der Waals surface area contributed by atoms with Gasteiger partial charge >= 0.3 is 0 Å². The number of fused-ring (bicyclic) bond motifs is 1. The van der Waals surface area contributed by atoms with E-state index in [9.17, 15) is 14.4 Å². The SMILES string of the molecule is CCC(=O)NCCN1C(=O)C(C)(C)Cc2cc(Br)c(C(=O)N(C(C)C)C3CCCCC3)cc21. The van der Waals surface area contributed by atoms with Gasteiger partial charge in [0.2, 0.25) is 11.8 Å². The highest BCUT2D eigenvalue weighted by molar-refractivity contribution is 9.10. The van der Waals surface area contributed by atoms with Gasteiger partial charge in [-0.3, -0.25) is 14.4 Å². The van der Waals surface area contributed by atoms with Crippen molar-refractivity contribution in [1.29, 1.82) is 0 Å². The molecule has 33 heavy (non-hydrogen) atoms. The highest BCUT2D eigenvalue weighted by Crippen LogP contribution is 2.40. The summed E-state index contributed by atoms with van der Waals surface area (Å²) < 4.78 is 0.775. The van der Waals surface area contributed by atoms with Crippen molar-refractivity contribution in [1.82, 2.24) is 10.2 Å². The van der Waals surface area contributed by atoms with E-state index in [1.165, 1.54) is 6.42 Å². The van der Waals surface area contributed by atoms with Gasteiger partial charge in [-0.1, -0.05) is 40.0 Å². The predicted octanol–water partition coefficient (Wildman–Crippen LogP) is 5.07. The Labute approximate surface area is 206 Å². The summed E-state index contributed by atoms with van der Waals surface area (Å²) in [6, 6.07) is 4.25. The van der Waals surface area contributed by atoms with Gasteiger partial charge in [0.15, 0.2) is 0 Å². The molecule has 1 fully saturated rings. The van der Waals surface area contributed by atoms with Crippen LogP contribution in [0.2, 0.25) is 0 Å². The number of carbonyl (C=O) groups is 3. The maximum atomic E-state index is 13.8. The Morgan fingerprint density at radius 2 is 1.88 bits per heavy atom. The maximum Gasteiger partial charge on any atom is 0.255 e. The van der Waals surface area contributed by atoms with Crippen LogP contribution in [-0.2, 0) is 16.0 Å². The minimum atomic E-state index is -0.543. The van der Waals surface area contributed by atoms with E-state index < -0.39 is 5.41 Å². The fourth-order valence-corrected chi connectivity index (χ4v) is 5.72. The zero-order chi connectivity index (χ0) is 24.3. The Balaban J connectivity index is 1.96. The first kappa shape index (κ1) is 25.7. The van der Waals surface area contributed by atoms with E-state index in [2.05, 4.69) is 35.1 Å². The third kappa shape index (κ3) is 5.61. The van der Waals surface area contributed by atoms with Gasteiger partial charge in [-0.25, -0.2) is 0 Å². The van der Waals surface area contributed by atoms with Gasteiger partial charge in [0.1, 0.15) is 0 Å². The maximum absolute atomic E-state index is 13.8. The van der Waals surface area contributed by atoms with E-state index in [0.717, 1.165) is 41.4 Å². The minimum Gasteiger partial charge on any atom is -0.354 e. The van der Waals surface area contributed by atoms with Gasteiger partial charge in [0.25, 0.3) is 5.91 Å². The number of hydrogen-bond donors (Lipinski definition) is 1. The molecule has 0 atom stereocenters. The topological polar surface area (TPSA) is 69.7 Å². The van der Waals surface area contributed by atoms with Crippen molar-refractivity contribution in [2.45, 2.75) is 91.6 Å². The van der Waals surface area contributed by atoms with Crippen LogP contribution in [0.3, 0.4) is 0 Å². The van der Waals surface area contributed by atoms with Crippen LogP contribution < -0.4 is 10.2 Å². The van der Waals surface area contributed by atoms with Crippen LogP contribution in [0.5, 0.6) is 0 Å². The number of halogens is 1. The third-order valence-electron chi connectivity index (χ3n) is 6.88. The van der Waals surface area contributed by atoms with Gasteiger partial charge in [-0.2, -0.15) is 0 Å². The molecule has 0 bridgehead atoms. The molecule has 182 valence electrons. The molecule has 1 heterocycles. The number of anilines is 1. The first-order valence-electron chi connectivity index (χ1n) is 12.3. The monoisotopic (exact) mass is 519 g/mol. The molecule has 0 spiro atoms. The lowest BCUT2D eigenvalue weighted by molar-refractivity contribution is -0.127. The fraction of sp³-hybridized carbons (Fsp3) is 0.654. The van der Waals surface area contributed by atoms with E-state index in [1.54, 1.807) is 4.90 Å². The van der Waals surface area contributed by atoms with Crippen LogP contribution in [-0.4, -0.2) is 47.8 Å². The smallest absolute Gasteiger partial charge is 0.255 e. The highest BCUT2D eigenvalue weighted by atomic mass is 79.9. The quantitative estimate of drug-likeness (QED) is 0.546. The van der Waals surface area contributed by atoms with Crippen LogP contribution >= 0.6 is 15.9 Å². The molecular weight excluding hydrogens is 482 g/mol. The lowest BCUT2D eigenvalue weighted by Gasteiger charge is -2.40. The van der Waals surface area contributed by atoms with Crippen molar-refractivity contribution in [3.05, 3.63) is 27.7 Å². The number of benzene rings is 1. The number of carbonyl (C=O) groups excluding carboxylic acids is 3. The van der Waals surface area contributed by atoms with E-state index in [4.69, 9.17) is 0 Å². The van der Waals surface area contributed by atoms with Crippen molar-refractivity contribution < 1.29 is 14.4 Å². The Kier molecular flexibility index (Phi) is 8.25. The highest BCUT2D eigenvalue weighted by Gasteiger charge is 2.40. The van der Waals surface area contributed by atoms with Crippen molar-refractivity contribution >= 4 is 39.3 Å². The van der Waals surface area contributed by atoms with Crippen molar-refractivity contribution in [3.63, 3.8) is 0 Å². The second-order valence-electron chi connectivity index (χ2n) is 10.3. The summed E-state index contributed by atoms with van der Waals surface area (Å²) in [6.07, 6.45) is 6.67. The predicted molar refractivity (Wildman–Crippen MR) is 135 cm³/mol. The molecule has 7 heteroatoms. The number of hydrogen-bond acceptors (Lipinski definition) is 3. The normalized spacial score (nSPS) is 18.3. The first-order valence-corrected chi connectivity index (χ1v) is 13.1. The van der Waals surface area contributed by atoms with Crippen LogP contribution in [0.15, 0.2) is 16.6 Å². The van der Waals surface area contributed by atoms with Crippen LogP contribution in [0.1, 0.15) is 89.1 Å². The van der Waals surface area contributed by atoms with Crippen molar-refractivity contribution in [2.24, 2.45) is 5.41 Å². The largest absolute Gasteiger partial charge is 0.354 e. The average molecular weight is 521 g/mol. The fourth-order valence-electron chi connectivity index (χ4n) is 5.16. The molecule has 3 rings (SSSR count). The summed E-state index contributed by atoms with van der Waals surface area (Å²) in [5, 5.41) is 2.87. The van der Waals surface area contributed by atoms with Crippen molar-refractivity contribution in [3.8, 4) is 0 Å². The molecule has 0 saturated heterocycles. The molecule has 1 saturated carbocycles. The molecule has 1 N–H and O–H groups in total. The summed E-state index contributed by atoms with van der Waals surface area (Å²) in [4.78, 5) is 42.6. The molecule has 0 aromatic heterocycles. The second-order valence-corrected chi connectivity index (χ2v) is 11.1. The van der Waals surface area contributed by atoms with Crippen molar-refractivity contribution in [2.75, 3.05) is 18.0 Å². The van der Waals surface area contributed by atoms with Gasteiger partial charge in [0.05, 0.1) is 5.56 Å². The summed E-state index contributed by atoms with van der Waals surface area (Å²) in [5.74, 6) is 0.00299. The lowest BCUT2D eigenvalue weighted by Crippen LogP contribution is -2.49. The molecule has 1 aromatic carbocycles. The number of nitrogens with one attached hydrogen (secondary N) is 1. The van der Waals surface area contributed by atoms with Gasteiger partial charge in [-0.15, -0.1) is 0 Å². The summed E-state index contributed by atoms with van der Waals surface area (Å²) in [5.41, 5.74) is 1.88. The van der Waals surface area contributed by atoms with Crippen LogP contribution in [0.25, 0.3) is 0 Å². The molecule has 0 unspecified atom stereocenters. The average Bonchev–Trinajstić information content (AvgIpc) is 2.76. The molecule has 1 aliphatic heterocycles. The van der Waals surface area contributed by atoms with Gasteiger partial charge in [0, 0.05) is 47.2 Å². The lowest BCUT2D eigenvalue weighted by atomic mass is 9.80. The third-order valence-corrected chi connectivity index (χ3v) is 7.54. The number of amides is 3. The number of nitrogens with zero attached hydrogens (tertiary/aromatic N) is 2. The summed E-state index contributed by atoms with van der Waals surface area (Å²) in [6.45, 7) is 10.6. The standard InChI is InChI=1S/C26H38BrN3O3/c1-6-23(31)28-12-13-29-22-15-20(21(27)14-18(22)16-26(4,5)25(29)33)24(32)30(17(2)3)19-10-8-7-9-11-19/h14-15,17,19H,6-13,16H2,1-5H3,(H,28,31). The summed E-state index contributed by atoms with van der Waals surface area (Å²) in [7, 11) is 0. The first-order chi connectivity index (χ1) is 15.6.